The number of hydrogen-bond donors (Lipinski definition) is 3. The first kappa shape index (κ1) is 17.4. The summed E-state index contributed by atoms with van der Waals surface area (Å²) < 4.78 is 5.20. The van der Waals surface area contributed by atoms with Gasteiger partial charge in [0.1, 0.15) is 5.82 Å². The summed E-state index contributed by atoms with van der Waals surface area (Å²) in [5, 5.41) is 8.80. The number of hydrogen-bond acceptors (Lipinski definition) is 5. The summed E-state index contributed by atoms with van der Waals surface area (Å²) in [5.74, 6) is -0.0606. The molecule has 0 aromatic carbocycles. The van der Waals surface area contributed by atoms with Gasteiger partial charge in [0.2, 0.25) is 11.8 Å². The Kier molecular flexibility index (Phi) is 6.96. The van der Waals surface area contributed by atoms with E-state index in [1.54, 1.807) is 18.3 Å². The average Bonchev–Trinajstić information content (AvgIpc) is 2.59. The van der Waals surface area contributed by atoms with Crippen LogP contribution in [0.3, 0.4) is 0 Å². The van der Waals surface area contributed by atoms with Gasteiger partial charge in [0.15, 0.2) is 0 Å². The lowest BCUT2D eigenvalue weighted by atomic mass is 9.89. The van der Waals surface area contributed by atoms with E-state index < -0.39 is 0 Å². The Labute approximate surface area is 136 Å². The standard InChI is InChI=1S/C16H24N4O3/c1-2-23-8-7-19-15(21)12-9-13(11-17-10-12)16(22)20-14-5-3-4-6-18-14/h3-6,12-13,17H,2,7-11H2,1H3,(H,19,21)(H,18,20,22). The Morgan fingerprint density at radius 1 is 1.30 bits per heavy atom. The molecular formula is C16H24N4O3. The zero-order valence-corrected chi connectivity index (χ0v) is 13.4. The number of rotatable bonds is 7. The fourth-order valence-electron chi connectivity index (χ4n) is 2.54. The summed E-state index contributed by atoms with van der Waals surface area (Å²) in [5.41, 5.74) is 0. The minimum absolute atomic E-state index is 0.0347. The quantitative estimate of drug-likeness (QED) is 0.633. The van der Waals surface area contributed by atoms with Crippen molar-refractivity contribution in [3.8, 4) is 0 Å². The van der Waals surface area contributed by atoms with Gasteiger partial charge in [-0.15, -0.1) is 0 Å². The highest BCUT2D eigenvalue weighted by Gasteiger charge is 2.31. The number of nitrogens with one attached hydrogen (secondary N) is 3. The van der Waals surface area contributed by atoms with Gasteiger partial charge >= 0.3 is 0 Å². The third-order valence-electron chi connectivity index (χ3n) is 3.76. The number of anilines is 1. The number of pyridine rings is 1. The average molecular weight is 320 g/mol. The Morgan fingerprint density at radius 2 is 2.09 bits per heavy atom. The number of nitrogens with zero attached hydrogens (tertiary/aromatic N) is 1. The molecule has 0 spiro atoms. The van der Waals surface area contributed by atoms with Gasteiger partial charge in [-0.3, -0.25) is 9.59 Å². The van der Waals surface area contributed by atoms with Crippen molar-refractivity contribution in [3.05, 3.63) is 24.4 Å². The first-order valence-corrected chi connectivity index (χ1v) is 7.98. The molecule has 0 aliphatic carbocycles. The van der Waals surface area contributed by atoms with Crippen molar-refractivity contribution in [3.63, 3.8) is 0 Å². The first-order valence-electron chi connectivity index (χ1n) is 7.98. The van der Waals surface area contributed by atoms with Gasteiger partial charge in [-0.2, -0.15) is 0 Å². The highest BCUT2D eigenvalue weighted by Crippen LogP contribution is 2.18. The zero-order valence-electron chi connectivity index (χ0n) is 13.4. The summed E-state index contributed by atoms with van der Waals surface area (Å²) in [4.78, 5) is 28.5. The van der Waals surface area contributed by atoms with Crippen LogP contribution < -0.4 is 16.0 Å². The Morgan fingerprint density at radius 3 is 2.78 bits per heavy atom. The van der Waals surface area contributed by atoms with E-state index in [9.17, 15) is 9.59 Å². The molecule has 0 bridgehead atoms. The SMILES string of the molecule is CCOCCNC(=O)C1CNCC(C(=O)Nc2ccccn2)C1. The number of aromatic nitrogens is 1. The highest BCUT2D eigenvalue weighted by molar-refractivity contribution is 5.92. The third kappa shape index (κ3) is 5.61. The van der Waals surface area contributed by atoms with Crippen LogP contribution in [-0.4, -0.2) is 49.6 Å². The molecule has 7 heteroatoms. The van der Waals surface area contributed by atoms with Crippen molar-refractivity contribution >= 4 is 17.6 Å². The smallest absolute Gasteiger partial charge is 0.229 e. The summed E-state index contributed by atoms with van der Waals surface area (Å²) >= 11 is 0. The van der Waals surface area contributed by atoms with E-state index >= 15 is 0 Å². The normalized spacial score (nSPS) is 20.7. The van der Waals surface area contributed by atoms with Gasteiger partial charge in [0, 0.05) is 32.4 Å². The van der Waals surface area contributed by atoms with E-state index in [2.05, 4.69) is 20.9 Å². The maximum atomic E-state index is 12.3. The molecule has 1 aromatic rings. The highest BCUT2D eigenvalue weighted by atomic mass is 16.5. The molecule has 7 nitrogen and oxygen atoms in total. The van der Waals surface area contributed by atoms with Gasteiger partial charge in [0.05, 0.1) is 18.4 Å². The number of carbonyl (C=O) groups excluding carboxylic acids is 2. The van der Waals surface area contributed by atoms with Crippen molar-refractivity contribution in [1.82, 2.24) is 15.6 Å². The van der Waals surface area contributed by atoms with Crippen LogP contribution in [0, 0.1) is 11.8 Å². The molecular weight excluding hydrogens is 296 g/mol. The van der Waals surface area contributed by atoms with Gasteiger partial charge in [-0.05, 0) is 25.5 Å². The van der Waals surface area contributed by atoms with Crippen LogP contribution in [0.2, 0.25) is 0 Å². The van der Waals surface area contributed by atoms with Crippen molar-refractivity contribution in [2.24, 2.45) is 11.8 Å². The van der Waals surface area contributed by atoms with E-state index in [1.807, 2.05) is 13.0 Å². The van der Waals surface area contributed by atoms with Crippen LogP contribution in [0.25, 0.3) is 0 Å². The van der Waals surface area contributed by atoms with E-state index in [1.165, 1.54) is 0 Å². The van der Waals surface area contributed by atoms with E-state index in [0.29, 0.717) is 45.1 Å². The maximum absolute atomic E-state index is 12.3. The lowest BCUT2D eigenvalue weighted by Gasteiger charge is -2.28. The van der Waals surface area contributed by atoms with Crippen molar-refractivity contribution in [1.29, 1.82) is 0 Å². The minimum atomic E-state index is -0.242. The number of piperidine rings is 1. The van der Waals surface area contributed by atoms with Crippen LogP contribution in [0.15, 0.2) is 24.4 Å². The van der Waals surface area contributed by atoms with Gasteiger partial charge in [-0.25, -0.2) is 4.98 Å². The van der Waals surface area contributed by atoms with E-state index in [0.717, 1.165) is 0 Å². The molecule has 1 aromatic heterocycles. The second kappa shape index (κ2) is 9.22. The van der Waals surface area contributed by atoms with Gasteiger partial charge in [-0.1, -0.05) is 6.07 Å². The Hall–Kier alpha value is -1.99. The molecule has 126 valence electrons. The molecule has 2 rings (SSSR count). The monoisotopic (exact) mass is 320 g/mol. The van der Waals surface area contributed by atoms with Crippen LogP contribution in [0.4, 0.5) is 5.82 Å². The van der Waals surface area contributed by atoms with Crippen LogP contribution in [0.1, 0.15) is 13.3 Å². The maximum Gasteiger partial charge on any atom is 0.229 e. The number of amides is 2. The predicted molar refractivity (Wildman–Crippen MR) is 86.8 cm³/mol. The molecule has 1 fully saturated rings. The molecule has 2 unspecified atom stereocenters. The van der Waals surface area contributed by atoms with Gasteiger partial charge in [0.25, 0.3) is 0 Å². The van der Waals surface area contributed by atoms with Crippen molar-refractivity contribution in [2.75, 3.05) is 38.2 Å². The second-order valence-corrected chi connectivity index (χ2v) is 5.48. The van der Waals surface area contributed by atoms with Crippen LogP contribution in [0.5, 0.6) is 0 Å². The molecule has 1 saturated heterocycles. The molecule has 1 aliphatic rings. The first-order chi connectivity index (χ1) is 11.2. The summed E-state index contributed by atoms with van der Waals surface area (Å²) in [6.45, 7) is 4.71. The molecule has 2 heterocycles. The molecule has 23 heavy (non-hydrogen) atoms. The van der Waals surface area contributed by atoms with Crippen molar-refractivity contribution in [2.45, 2.75) is 13.3 Å². The zero-order chi connectivity index (χ0) is 16.5. The van der Waals surface area contributed by atoms with Crippen LogP contribution >= 0.6 is 0 Å². The second-order valence-electron chi connectivity index (χ2n) is 5.48. The fraction of sp³-hybridized carbons (Fsp3) is 0.562. The molecule has 2 amide bonds. The predicted octanol–water partition coefficient (Wildman–Crippen LogP) is 0.399. The lowest BCUT2D eigenvalue weighted by molar-refractivity contribution is -0.127. The molecule has 3 N–H and O–H groups in total. The Bertz CT molecular complexity index is 509. The van der Waals surface area contributed by atoms with Crippen molar-refractivity contribution < 1.29 is 14.3 Å². The molecule has 1 aliphatic heterocycles. The Balaban J connectivity index is 1.80. The fourth-order valence-corrected chi connectivity index (χ4v) is 2.54. The lowest BCUT2D eigenvalue weighted by Crippen LogP contribution is -2.47. The van der Waals surface area contributed by atoms with E-state index in [4.69, 9.17) is 4.74 Å². The number of ether oxygens (including phenoxy) is 1. The van der Waals surface area contributed by atoms with E-state index in [-0.39, 0.29) is 23.7 Å². The number of carbonyl (C=O) groups is 2. The molecule has 0 saturated carbocycles. The molecule has 2 atom stereocenters. The van der Waals surface area contributed by atoms with Gasteiger partial charge < -0.3 is 20.7 Å². The largest absolute Gasteiger partial charge is 0.380 e. The summed E-state index contributed by atoms with van der Waals surface area (Å²) in [6.07, 6.45) is 2.16. The minimum Gasteiger partial charge on any atom is -0.380 e. The topological polar surface area (TPSA) is 92.4 Å². The third-order valence-corrected chi connectivity index (χ3v) is 3.76. The van der Waals surface area contributed by atoms with Crippen LogP contribution in [-0.2, 0) is 14.3 Å². The summed E-state index contributed by atoms with van der Waals surface area (Å²) in [7, 11) is 0. The summed E-state index contributed by atoms with van der Waals surface area (Å²) in [6, 6.07) is 5.35. The molecule has 0 radical (unpaired) electrons.